The van der Waals surface area contributed by atoms with Gasteiger partial charge in [-0.05, 0) is 18.6 Å². The second-order valence-corrected chi connectivity index (χ2v) is 4.45. The van der Waals surface area contributed by atoms with Crippen LogP contribution in [-0.4, -0.2) is 48.5 Å². The lowest BCUT2D eigenvalue weighted by atomic mass is 10.1. The third kappa shape index (κ3) is 3.20. The highest BCUT2D eigenvalue weighted by molar-refractivity contribution is 5.81. The monoisotopic (exact) mass is 259 g/mol. The van der Waals surface area contributed by atoms with E-state index < -0.39 is 0 Å². The van der Waals surface area contributed by atoms with Crippen molar-refractivity contribution in [2.24, 2.45) is 0 Å². The number of piperazine rings is 1. The van der Waals surface area contributed by atoms with Gasteiger partial charge in [-0.1, -0.05) is 0 Å². The second-order valence-electron chi connectivity index (χ2n) is 4.45. The molecule has 1 saturated heterocycles. The molecule has 1 fully saturated rings. The third-order valence-corrected chi connectivity index (χ3v) is 3.15. The van der Waals surface area contributed by atoms with E-state index in [-0.39, 0.29) is 12.5 Å². The minimum atomic E-state index is 0.0358. The van der Waals surface area contributed by atoms with E-state index in [1.165, 1.54) is 0 Å². The van der Waals surface area contributed by atoms with Crippen molar-refractivity contribution in [1.29, 1.82) is 5.26 Å². The zero-order valence-corrected chi connectivity index (χ0v) is 10.9. The Hall–Kier alpha value is -2.13. The minimum absolute atomic E-state index is 0.0358. The van der Waals surface area contributed by atoms with E-state index in [1.807, 2.05) is 11.8 Å². The summed E-state index contributed by atoms with van der Waals surface area (Å²) in [6, 6.07) is 3.89. The average molecular weight is 259 g/mol. The summed E-state index contributed by atoms with van der Waals surface area (Å²) < 4.78 is 0. The molecule has 6 nitrogen and oxygen atoms in total. The molecule has 6 heteroatoms. The van der Waals surface area contributed by atoms with E-state index in [0.717, 1.165) is 31.7 Å². The first-order valence-electron chi connectivity index (χ1n) is 6.30. The predicted molar refractivity (Wildman–Crippen MR) is 71.6 cm³/mol. The zero-order valence-electron chi connectivity index (χ0n) is 10.9. The summed E-state index contributed by atoms with van der Waals surface area (Å²) in [6.45, 7) is 5.14. The number of hydrogen-bond donors (Lipinski definition) is 2. The van der Waals surface area contributed by atoms with Gasteiger partial charge in [-0.25, -0.2) is 4.98 Å². The fraction of sp³-hybridized carbons (Fsp3) is 0.462. The number of nitrogens with one attached hydrogen (secondary N) is 2. The Morgan fingerprint density at radius 3 is 3.00 bits per heavy atom. The van der Waals surface area contributed by atoms with E-state index in [2.05, 4.69) is 21.7 Å². The lowest BCUT2D eigenvalue weighted by Crippen LogP contribution is -2.48. The number of nitrogens with zero attached hydrogens (tertiary/aromatic N) is 3. The molecular formula is C13H17N5O. The molecule has 0 aromatic carbocycles. The van der Waals surface area contributed by atoms with Crippen LogP contribution in [0, 0.1) is 18.3 Å². The molecule has 0 spiro atoms. The molecule has 2 rings (SSSR count). The number of anilines is 1. The molecule has 1 aromatic heterocycles. The van der Waals surface area contributed by atoms with Gasteiger partial charge in [0.15, 0.2) is 0 Å². The van der Waals surface area contributed by atoms with Gasteiger partial charge in [0.1, 0.15) is 11.9 Å². The van der Waals surface area contributed by atoms with Crippen molar-refractivity contribution in [1.82, 2.24) is 15.2 Å². The molecule has 0 saturated carbocycles. The Kier molecular flexibility index (Phi) is 4.31. The maximum Gasteiger partial charge on any atom is 0.242 e. The number of rotatable bonds is 3. The number of nitriles is 1. The van der Waals surface area contributed by atoms with Crippen LogP contribution >= 0.6 is 0 Å². The largest absolute Gasteiger partial charge is 0.360 e. The summed E-state index contributed by atoms with van der Waals surface area (Å²) in [7, 11) is 0. The lowest BCUT2D eigenvalue weighted by Gasteiger charge is -2.27. The molecule has 2 heterocycles. The van der Waals surface area contributed by atoms with Gasteiger partial charge in [0.25, 0.3) is 0 Å². The van der Waals surface area contributed by atoms with Gasteiger partial charge in [0, 0.05) is 32.4 Å². The van der Waals surface area contributed by atoms with Crippen molar-refractivity contribution in [3.8, 4) is 6.07 Å². The molecule has 0 bridgehead atoms. The SMILES string of the molecule is Cc1ccnc(NCC(=O)N2CCNCC2)c1C#N. The molecule has 0 unspecified atom stereocenters. The highest BCUT2D eigenvalue weighted by atomic mass is 16.2. The fourth-order valence-corrected chi connectivity index (χ4v) is 2.02. The van der Waals surface area contributed by atoms with Crippen LogP contribution in [0.2, 0.25) is 0 Å². The van der Waals surface area contributed by atoms with E-state index in [9.17, 15) is 4.79 Å². The zero-order chi connectivity index (χ0) is 13.7. The second kappa shape index (κ2) is 6.16. The average Bonchev–Trinajstić information content (AvgIpc) is 2.45. The first-order valence-corrected chi connectivity index (χ1v) is 6.30. The number of carbonyl (C=O) groups is 1. The van der Waals surface area contributed by atoms with Crippen LogP contribution < -0.4 is 10.6 Å². The van der Waals surface area contributed by atoms with Gasteiger partial charge in [-0.2, -0.15) is 5.26 Å². The quantitative estimate of drug-likeness (QED) is 0.805. The number of amides is 1. The summed E-state index contributed by atoms with van der Waals surface area (Å²) in [5.74, 6) is 0.514. The first-order chi connectivity index (χ1) is 9.22. The molecule has 1 aliphatic heterocycles. The highest BCUT2D eigenvalue weighted by Crippen LogP contribution is 2.14. The van der Waals surface area contributed by atoms with E-state index in [1.54, 1.807) is 12.3 Å². The molecule has 100 valence electrons. The van der Waals surface area contributed by atoms with Gasteiger partial charge in [-0.3, -0.25) is 4.79 Å². The van der Waals surface area contributed by atoms with E-state index in [0.29, 0.717) is 11.4 Å². The smallest absolute Gasteiger partial charge is 0.242 e. The van der Waals surface area contributed by atoms with Crippen molar-refractivity contribution in [3.05, 3.63) is 23.4 Å². The van der Waals surface area contributed by atoms with Gasteiger partial charge in [-0.15, -0.1) is 0 Å². The Morgan fingerprint density at radius 2 is 2.32 bits per heavy atom. The Balaban J connectivity index is 1.97. The van der Waals surface area contributed by atoms with E-state index in [4.69, 9.17) is 5.26 Å². The number of aromatic nitrogens is 1. The number of pyridine rings is 1. The van der Waals surface area contributed by atoms with Crippen LogP contribution in [-0.2, 0) is 4.79 Å². The standard InChI is InChI=1S/C13H17N5O/c1-10-2-3-16-13(11(10)8-14)17-9-12(19)18-6-4-15-5-7-18/h2-3,15H,4-7,9H2,1H3,(H,16,17). The van der Waals surface area contributed by atoms with Gasteiger partial charge in [0.2, 0.25) is 5.91 Å². The Labute approximate surface area is 112 Å². The van der Waals surface area contributed by atoms with Crippen LogP contribution in [0.15, 0.2) is 12.3 Å². The summed E-state index contributed by atoms with van der Waals surface area (Å²) in [5.41, 5.74) is 1.35. The molecule has 2 N–H and O–H groups in total. The summed E-state index contributed by atoms with van der Waals surface area (Å²) in [6.07, 6.45) is 1.63. The van der Waals surface area contributed by atoms with Gasteiger partial charge < -0.3 is 15.5 Å². The van der Waals surface area contributed by atoms with Crippen molar-refractivity contribution < 1.29 is 4.79 Å². The van der Waals surface area contributed by atoms with Crippen LogP contribution in [0.4, 0.5) is 5.82 Å². The fourth-order valence-electron chi connectivity index (χ4n) is 2.02. The van der Waals surface area contributed by atoms with Crippen LogP contribution in [0.1, 0.15) is 11.1 Å². The van der Waals surface area contributed by atoms with Crippen molar-refractivity contribution in [2.45, 2.75) is 6.92 Å². The molecule has 0 aliphatic carbocycles. The summed E-state index contributed by atoms with van der Waals surface area (Å²) in [4.78, 5) is 17.9. The molecule has 1 amide bonds. The molecule has 0 radical (unpaired) electrons. The minimum Gasteiger partial charge on any atom is -0.360 e. The first kappa shape index (κ1) is 13.3. The Morgan fingerprint density at radius 1 is 1.58 bits per heavy atom. The topological polar surface area (TPSA) is 81.1 Å². The number of carbonyl (C=O) groups excluding carboxylic acids is 1. The number of aryl methyl sites for hydroxylation is 1. The molecule has 0 atom stereocenters. The third-order valence-electron chi connectivity index (χ3n) is 3.15. The Bertz CT molecular complexity index is 502. The summed E-state index contributed by atoms with van der Waals surface area (Å²) in [5, 5.41) is 15.2. The molecule has 1 aliphatic rings. The van der Waals surface area contributed by atoms with Crippen molar-refractivity contribution in [2.75, 3.05) is 38.0 Å². The highest BCUT2D eigenvalue weighted by Gasteiger charge is 2.16. The maximum absolute atomic E-state index is 12.0. The molecule has 19 heavy (non-hydrogen) atoms. The lowest BCUT2D eigenvalue weighted by molar-refractivity contribution is -0.129. The van der Waals surface area contributed by atoms with Crippen LogP contribution in [0.3, 0.4) is 0 Å². The molecule has 1 aromatic rings. The number of hydrogen-bond acceptors (Lipinski definition) is 5. The predicted octanol–water partition coefficient (Wildman–Crippen LogP) is 0.105. The molecular weight excluding hydrogens is 242 g/mol. The normalized spacial score (nSPS) is 14.8. The van der Waals surface area contributed by atoms with Gasteiger partial charge in [0.05, 0.1) is 12.1 Å². The van der Waals surface area contributed by atoms with Crippen LogP contribution in [0.25, 0.3) is 0 Å². The van der Waals surface area contributed by atoms with Crippen LogP contribution in [0.5, 0.6) is 0 Å². The maximum atomic E-state index is 12.0. The summed E-state index contributed by atoms with van der Waals surface area (Å²) >= 11 is 0. The van der Waals surface area contributed by atoms with Gasteiger partial charge >= 0.3 is 0 Å². The van der Waals surface area contributed by atoms with Crippen molar-refractivity contribution >= 4 is 11.7 Å². The van der Waals surface area contributed by atoms with E-state index >= 15 is 0 Å². The van der Waals surface area contributed by atoms with Crippen molar-refractivity contribution in [3.63, 3.8) is 0 Å².